The molecule has 0 saturated carbocycles. The van der Waals surface area contributed by atoms with Crippen molar-refractivity contribution >= 4 is 15.9 Å². The Balaban J connectivity index is 3.13. The van der Waals surface area contributed by atoms with Crippen LogP contribution in [0, 0.1) is 12.3 Å². The van der Waals surface area contributed by atoms with Gasteiger partial charge in [-0.25, -0.2) is 0 Å². The molecule has 3 N–H and O–H groups in total. The van der Waals surface area contributed by atoms with Crippen LogP contribution in [-0.2, 0) is 0 Å². The summed E-state index contributed by atoms with van der Waals surface area (Å²) in [7, 11) is 0. The number of hydrogen-bond donors (Lipinski definition) is 2. The van der Waals surface area contributed by atoms with E-state index in [2.05, 4.69) is 67.2 Å². The van der Waals surface area contributed by atoms with Gasteiger partial charge in [-0.1, -0.05) is 48.8 Å². The Kier molecular flexibility index (Phi) is 3.93. The molecule has 0 fully saturated rings. The van der Waals surface area contributed by atoms with E-state index in [1.54, 1.807) is 0 Å². The van der Waals surface area contributed by atoms with Crippen molar-refractivity contribution in [1.29, 1.82) is 0 Å². The molecule has 84 valence electrons. The highest BCUT2D eigenvalue weighted by atomic mass is 79.9. The van der Waals surface area contributed by atoms with Crippen LogP contribution in [0.2, 0.25) is 0 Å². The molecule has 0 saturated heterocycles. The van der Waals surface area contributed by atoms with E-state index in [-0.39, 0.29) is 11.5 Å². The van der Waals surface area contributed by atoms with Crippen LogP contribution in [0.25, 0.3) is 0 Å². The summed E-state index contributed by atoms with van der Waals surface area (Å²) in [6.45, 7) is 8.59. The van der Waals surface area contributed by atoms with Crippen molar-refractivity contribution in [2.24, 2.45) is 11.3 Å². The third-order valence-electron chi connectivity index (χ3n) is 2.50. The van der Waals surface area contributed by atoms with Crippen LogP contribution >= 0.6 is 15.9 Å². The highest BCUT2D eigenvalue weighted by Crippen LogP contribution is 2.35. The first-order valence-electron chi connectivity index (χ1n) is 5.08. The number of aryl methyl sites for hydroxylation is 1. The Labute approximate surface area is 100 Å². The van der Waals surface area contributed by atoms with Crippen LogP contribution in [0.5, 0.6) is 0 Å². The summed E-state index contributed by atoms with van der Waals surface area (Å²) in [6, 6.07) is 6.49. The van der Waals surface area contributed by atoms with E-state index >= 15 is 0 Å². The average Bonchev–Trinajstić information content (AvgIpc) is 2.07. The van der Waals surface area contributed by atoms with Gasteiger partial charge in [0.2, 0.25) is 0 Å². The van der Waals surface area contributed by atoms with E-state index in [9.17, 15) is 0 Å². The molecule has 15 heavy (non-hydrogen) atoms. The highest BCUT2D eigenvalue weighted by Gasteiger charge is 2.26. The molecule has 0 aliphatic heterocycles. The zero-order valence-corrected chi connectivity index (χ0v) is 11.4. The molecule has 0 bridgehead atoms. The van der Waals surface area contributed by atoms with E-state index < -0.39 is 0 Å². The monoisotopic (exact) mass is 270 g/mol. The van der Waals surface area contributed by atoms with E-state index in [0.29, 0.717) is 0 Å². The third kappa shape index (κ3) is 3.03. The van der Waals surface area contributed by atoms with Gasteiger partial charge < -0.3 is 0 Å². The van der Waals surface area contributed by atoms with Crippen molar-refractivity contribution in [3.8, 4) is 0 Å². The van der Waals surface area contributed by atoms with Crippen molar-refractivity contribution in [3.63, 3.8) is 0 Å². The number of hydrazine groups is 1. The highest BCUT2D eigenvalue weighted by molar-refractivity contribution is 9.10. The molecule has 3 heteroatoms. The molecule has 2 nitrogen and oxygen atoms in total. The molecule has 1 atom stereocenters. The fourth-order valence-electron chi connectivity index (χ4n) is 1.67. The quantitative estimate of drug-likeness (QED) is 0.639. The molecule has 1 aromatic carbocycles. The number of hydrogen-bond acceptors (Lipinski definition) is 2. The summed E-state index contributed by atoms with van der Waals surface area (Å²) >= 11 is 3.59. The lowest BCUT2D eigenvalue weighted by molar-refractivity contribution is 0.275. The Morgan fingerprint density at radius 3 is 2.33 bits per heavy atom. The molecule has 0 radical (unpaired) electrons. The van der Waals surface area contributed by atoms with Crippen molar-refractivity contribution in [1.82, 2.24) is 5.43 Å². The molecule has 1 rings (SSSR count). The van der Waals surface area contributed by atoms with E-state index in [4.69, 9.17) is 5.84 Å². The number of nitrogens with two attached hydrogens (primary N) is 1. The van der Waals surface area contributed by atoms with Gasteiger partial charge in [-0.15, -0.1) is 0 Å². The fourth-order valence-corrected chi connectivity index (χ4v) is 2.39. The first-order chi connectivity index (χ1) is 6.86. The zero-order valence-electron chi connectivity index (χ0n) is 9.76. The molecule has 0 amide bonds. The second-order valence-electron chi connectivity index (χ2n) is 4.99. The molecule has 0 aliphatic carbocycles. The summed E-state index contributed by atoms with van der Waals surface area (Å²) < 4.78 is 1.11. The van der Waals surface area contributed by atoms with Crippen LogP contribution in [0.4, 0.5) is 0 Å². The fraction of sp³-hybridized carbons (Fsp3) is 0.500. The standard InChI is InChI=1S/C12H19BrN2/c1-8-5-6-9(10(13)7-8)11(15-14)12(2,3)4/h5-7,11,15H,14H2,1-4H3. The number of benzene rings is 1. The molecular weight excluding hydrogens is 252 g/mol. The van der Waals surface area contributed by atoms with Crippen molar-refractivity contribution in [2.75, 3.05) is 0 Å². The van der Waals surface area contributed by atoms with Gasteiger partial charge in [0.25, 0.3) is 0 Å². The maximum atomic E-state index is 5.63. The van der Waals surface area contributed by atoms with E-state index in [1.165, 1.54) is 11.1 Å². The topological polar surface area (TPSA) is 38.0 Å². The van der Waals surface area contributed by atoms with Crippen LogP contribution in [0.15, 0.2) is 22.7 Å². The smallest absolute Gasteiger partial charge is 0.0519 e. The minimum absolute atomic E-state index is 0.0898. The molecule has 0 spiro atoms. The van der Waals surface area contributed by atoms with Gasteiger partial charge in [-0.3, -0.25) is 11.3 Å². The average molecular weight is 271 g/mol. The first kappa shape index (κ1) is 12.7. The van der Waals surface area contributed by atoms with Crippen molar-refractivity contribution in [3.05, 3.63) is 33.8 Å². The van der Waals surface area contributed by atoms with Crippen molar-refractivity contribution < 1.29 is 0 Å². The van der Waals surface area contributed by atoms with Gasteiger partial charge in [0.1, 0.15) is 0 Å². The number of rotatable bonds is 2. The Hall–Kier alpha value is -0.380. The van der Waals surface area contributed by atoms with Crippen molar-refractivity contribution in [2.45, 2.75) is 33.7 Å². The van der Waals surface area contributed by atoms with Crippen LogP contribution in [0.1, 0.15) is 37.9 Å². The second-order valence-corrected chi connectivity index (χ2v) is 5.85. The molecule has 0 aromatic heterocycles. The molecule has 0 heterocycles. The Morgan fingerprint density at radius 1 is 1.33 bits per heavy atom. The Bertz CT molecular complexity index is 342. The van der Waals surface area contributed by atoms with Gasteiger partial charge in [0, 0.05) is 4.47 Å². The maximum absolute atomic E-state index is 5.63. The predicted molar refractivity (Wildman–Crippen MR) is 68.4 cm³/mol. The van der Waals surface area contributed by atoms with Crippen LogP contribution in [-0.4, -0.2) is 0 Å². The largest absolute Gasteiger partial charge is 0.271 e. The van der Waals surface area contributed by atoms with Crippen LogP contribution < -0.4 is 11.3 Å². The summed E-state index contributed by atoms with van der Waals surface area (Å²) in [5.41, 5.74) is 5.43. The summed E-state index contributed by atoms with van der Waals surface area (Å²) in [5.74, 6) is 5.63. The minimum Gasteiger partial charge on any atom is -0.271 e. The van der Waals surface area contributed by atoms with Gasteiger partial charge in [-0.05, 0) is 29.5 Å². The van der Waals surface area contributed by atoms with Crippen LogP contribution in [0.3, 0.4) is 0 Å². The first-order valence-corrected chi connectivity index (χ1v) is 5.87. The SMILES string of the molecule is Cc1ccc(C(NN)C(C)(C)C)c(Br)c1. The number of halogens is 1. The zero-order chi connectivity index (χ0) is 11.6. The predicted octanol–water partition coefficient (Wildman–Crippen LogP) is 3.31. The van der Waals surface area contributed by atoms with Gasteiger partial charge in [0.05, 0.1) is 6.04 Å². The Morgan fingerprint density at radius 2 is 1.93 bits per heavy atom. The summed E-state index contributed by atoms with van der Waals surface area (Å²) in [6.07, 6.45) is 0. The summed E-state index contributed by atoms with van der Waals surface area (Å²) in [5, 5.41) is 0. The lowest BCUT2D eigenvalue weighted by atomic mass is 9.82. The molecule has 1 aromatic rings. The minimum atomic E-state index is 0.0898. The maximum Gasteiger partial charge on any atom is 0.0519 e. The van der Waals surface area contributed by atoms with Gasteiger partial charge >= 0.3 is 0 Å². The lowest BCUT2D eigenvalue weighted by Gasteiger charge is -2.31. The lowest BCUT2D eigenvalue weighted by Crippen LogP contribution is -2.37. The molecule has 1 unspecified atom stereocenters. The molecule has 0 aliphatic rings. The summed E-state index contributed by atoms with van der Waals surface area (Å²) in [4.78, 5) is 0. The van der Waals surface area contributed by atoms with Gasteiger partial charge in [0.15, 0.2) is 0 Å². The van der Waals surface area contributed by atoms with E-state index in [1.807, 2.05) is 0 Å². The molecular formula is C12H19BrN2. The second kappa shape index (κ2) is 4.64. The normalized spacial score (nSPS) is 14.0. The van der Waals surface area contributed by atoms with Gasteiger partial charge in [-0.2, -0.15) is 0 Å². The third-order valence-corrected chi connectivity index (χ3v) is 3.19. The van der Waals surface area contributed by atoms with E-state index in [0.717, 1.165) is 4.47 Å². The number of nitrogens with one attached hydrogen (secondary N) is 1.